The van der Waals surface area contributed by atoms with Crippen LogP contribution in [0.25, 0.3) is 0 Å². The smallest absolute Gasteiger partial charge is 0.259 e. The van der Waals surface area contributed by atoms with Crippen LogP contribution in [0.15, 0.2) is 103 Å². The van der Waals surface area contributed by atoms with Gasteiger partial charge in [-0.1, -0.05) is 84.4 Å². The number of hydrogen-bond donors (Lipinski definition) is 1. The van der Waals surface area contributed by atoms with Gasteiger partial charge in [-0.05, 0) is 53.4 Å². The first-order chi connectivity index (χ1) is 15.2. The molecular weight excluding hydrogens is 406 g/mol. The van der Waals surface area contributed by atoms with Gasteiger partial charge in [0, 0.05) is 10.7 Å². The number of carbonyl (C=O) groups is 1. The molecule has 0 aliphatic rings. The van der Waals surface area contributed by atoms with Gasteiger partial charge < -0.3 is 10.1 Å². The van der Waals surface area contributed by atoms with Crippen LogP contribution in [-0.2, 0) is 13.0 Å². The highest BCUT2D eigenvalue weighted by molar-refractivity contribution is 6.30. The summed E-state index contributed by atoms with van der Waals surface area (Å²) in [5.41, 5.74) is 4.51. The van der Waals surface area contributed by atoms with Gasteiger partial charge in [-0.15, -0.1) is 0 Å². The van der Waals surface area contributed by atoms with Gasteiger partial charge in [0.1, 0.15) is 12.4 Å². The van der Waals surface area contributed by atoms with E-state index in [1.807, 2.05) is 78.9 Å². The minimum Gasteiger partial charge on any atom is -0.488 e. The van der Waals surface area contributed by atoms with Crippen LogP contribution in [0.3, 0.4) is 0 Å². The summed E-state index contributed by atoms with van der Waals surface area (Å²) >= 11 is 5.94. The van der Waals surface area contributed by atoms with E-state index < -0.39 is 0 Å². The zero-order valence-corrected chi connectivity index (χ0v) is 17.7. The third-order valence-corrected chi connectivity index (χ3v) is 5.19. The molecule has 0 atom stereocenters. The number of amides is 1. The van der Waals surface area contributed by atoms with E-state index in [4.69, 9.17) is 16.3 Å². The quantitative estimate of drug-likeness (QED) is 0.353. The number of para-hydroxylation sites is 2. The van der Waals surface area contributed by atoms with E-state index in [0.717, 1.165) is 23.2 Å². The van der Waals surface area contributed by atoms with Gasteiger partial charge >= 0.3 is 0 Å². The molecule has 0 saturated carbocycles. The minimum atomic E-state index is -0.202. The molecule has 0 unspecified atom stereocenters. The minimum absolute atomic E-state index is 0.202. The van der Waals surface area contributed by atoms with Crippen LogP contribution < -0.4 is 10.1 Å². The van der Waals surface area contributed by atoms with Gasteiger partial charge in [0.2, 0.25) is 0 Å². The Bertz CT molecular complexity index is 1160. The maximum absolute atomic E-state index is 13.1. The number of rotatable bonds is 7. The van der Waals surface area contributed by atoms with Gasteiger partial charge in [-0.25, -0.2) is 0 Å². The second-order valence-electron chi connectivity index (χ2n) is 7.18. The topological polar surface area (TPSA) is 38.3 Å². The Balaban J connectivity index is 1.50. The first kappa shape index (κ1) is 20.7. The number of anilines is 1. The lowest BCUT2D eigenvalue weighted by atomic mass is 10.0. The second kappa shape index (κ2) is 9.96. The Kier molecular flexibility index (Phi) is 6.65. The Morgan fingerprint density at radius 1 is 0.742 bits per heavy atom. The third kappa shape index (κ3) is 5.53. The number of ether oxygens (including phenoxy) is 1. The molecule has 4 aromatic rings. The normalized spacial score (nSPS) is 10.5. The molecule has 0 bridgehead atoms. The lowest BCUT2D eigenvalue weighted by Crippen LogP contribution is -2.15. The Morgan fingerprint density at radius 2 is 1.42 bits per heavy atom. The van der Waals surface area contributed by atoms with Crippen LogP contribution in [-0.4, -0.2) is 5.91 Å². The van der Waals surface area contributed by atoms with Crippen molar-refractivity contribution in [2.75, 3.05) is 5.32 Å². The summed E-state index contributed by atoms with van der Waals surface area (Å²) in [6.45, 7) is 0.353. The van der Waals surface area contributed by atoms with Crippen molar-refractivity contribution in [2.45, 2.75) is 13.0 Å². The van der Waals surface area contributed by atoms with E-state index in [0.29, 0.717) is 22.9 Å². The molecule has 1 amide bonds. The van der Waals surface area contributed by atoms with Crippen molar-refractivity contribution in [1.29, 1.82) is 0 Å². The Morgan fingerprint density at radius 3 is 2.23 bits per heavy atom. The fraction of sp³-hybridized carbons (Fsp3) is 0.0741. The lowest BCUT2D eigenvalue weighted by Gasteiger charge is -2.14. The first-order valence-electron chi connectivity index (χ1n) is 10.1. The average molecular weight is 428 g/mol. The molecule has 0 aromatic heterocycles. The van der Waals surface area contributed by atoms with Crippen molar-refractivity contribution in [3.63, 3.8) is 0 Å². The van der Waals surface area contributed by atoms with Crippen LogP contribution in [0.4, 0.5) is 5.69 Å². The van der Waals surface area contributed by atoms with Crippen molar-refractivity contribution in [1.82, 2.24) is 0 Å². The molecule has 4 aromatic carbocycles. The van der Waals surface area contributed by atoms with Gasteiger partial charge in [-0.2, -0.15) is 0 Å². The molecule has 4 heteroatoms. The molecule has 0 heterocycles. The van der Waals surface area contributed by atoms with E-state index in [-0.39, 0.29) is 5.91 Å². The van der Waals surface area contributed by atoms with Crippen molar-refractivity contribution in [2.24, 2.45) is 0 Å². The van der Waals surface area contributed by atoms with Crippen LogP contribution in [0.1, 0.15) is 27.0 Å². The summed E-state index contributed by atoms with van der Waals surface area (Å²) in [5, 5.41) is 3.74. The summed E-state index contributed by atoms with van der Waals surface area (Å²) in [6, 6.07) is 32.8. The molecule has 0 saturated heterocycles. The standard InChI is InChI=1S/C27H22ClNO2/c28-23-16-14-21(15-17-23)19-31-26-13-7-5-11-24(26)27(30)29-25-12-6-4-10-22(25)18-20-8-2-1-3-9-20/h1-17H,18-19H2,(H,29,30). The number of benzene rings is 4. The maximum atomic E-state index is 13.1. The Hall–Kier alpha value is -3.56. The molecule has 0 spiro atoms. The Labute approximate surface area is 187 Å². The number of carbonyl (C=O) groups excluding carboxylic acids is 1. The van der Waals surface area contributed by atoms with Crippen molar-refractivity contribution >= 4 is 23.2 Å². The molecule has 0 aliphatic carbocycles. The zero-order chi connectivity index (χ0) is 21.5. The monoisotopic (exact) mass is 427 g/mol. The summed E-state index contributed by atoms with van der Waals surface area (Å²) in [7, 11) is 0. The molecule has 0 radical (unpaired) electrons. The summed E-state index contributed by atoms with van der Waals surface area (Å²) < 4.78 is 5.94. The first-order valence-corrected chi connectivity index (χ1v) is 10.5. The number of nitrogens with one attached hydrogen (secondary N) is 1. The molecule has 0 aliphatic heterocycles. The van der Waals surface area contributed by atoms with Gasteiger partial charge in [-0.3, -0.25) is 4.79 Å². The largest absolute Gasteiger partial charge is 0.488 e. The molecule has 154 valence electrons. The average Bonchev–Trinajstić information content (AvgIpc) is 2.81. The second-order valence-corrected chi connectivity index (χ2v) is 7.62. The zero-order valence-electron chi connectivity index (χ0n) is 16.9. The summed E-state index contributed by atoms with van der Waals surface area (Å²) in [6.07, 6.45) is 0.742. The van der Waals surface area contributed by atoms with E-state index in [2.05, 4.69) is 17.4 Å². The maximum Gasteiger partial charge on any atom is 0.259 e. The van der Waals surface area contributed by atoms with Crippen LogP contribution >= 0.6 is 11.6 Å². The summed E-state index contributed by atoms with van der Waals surface area (Å²) in [4.78, 5) is 13.1. The predicted molar refractivity (Wildman–Crippen MR) is 126 cm³/mol. The van der Waals surface area contributed by atoms with Gasteiger partial charge in [0.05, 0.1) is 5.56 Å². The molecule has 4 rings (SSSR count). The molecule has 3 nitrogen and oxygen atoms in total. The fourth-order valence-corrected chi connectivity index (χ4v) is 3.45. The van der Waals surface area contributed by atoms with Crippen molar-refractivity contribution in [3.05, 3.63) is 130 Å². The third-order valence-electron chi connectivity index (χ3n) is 4.94. The van der Waals surface area contributed by atoms with Crippen LogP contribution in [0.2, 0.25) is 5.02 Å². The number of hydrogen-bond acceptors (Lipinski definition) is 2. The summed E-state index contributed by atoms with van der Waals surface area (Å²) in [5.74, 6) is 0.336. The van der Waals surface area contributed by atoms with Gasteiger partial charge in [0.15, 0.2) is 0 Å². The SMILES string of the molecule is O=C(Nc1ccccc1Cc1ccccc1)c1ccccc1OCc1ccc(Cl)cc1. The highest BCUT2D eigenvalue weighted by Crippen LogP contribution is 2.24. The highest BCUT2D eigenvalue weighted by atomic mass is 35.5. The van der Waals surface area contributed by atoms with Crippen molar-refractivity contribution in [3.8, 4) is 5.75 Å². The molecule has 31 heavy (non-hydrogen) atoms. The molecular formula is C27H22ClNO2. The van der Waals surface area contributed by atoms with E-state index in [1.54, 1.807) is 12.1 Å². The van der Waals surface area contributed by atoms with Crippen LogP contribution in [0.5, 0.6) is 5.75 Å². The molecule has 0 fully saturated rings. The fourth-order valence-electron chi connectivity index (χ4n) is 3.32. The van der Waals surface area contributed by atoms with Gasteiger partial charge in [0.25, 0.3) is 5.91 Å². The van der Waals surface area contributed by atoms with E-state index in [1.165, 1.54) is 5.56 Å². The lowest BCUT2D eigenvalue weighted by molar-refractivity contribution is 0.102. The predicted octanol–water partition coefficient (Wildman–Crippen LogP) is 6.76. The van der Waals surface area contributed by atoms with E-state index in [9.17, 15) is 4.79 Å². The number of halogens is 1. The van der Waals surface area contributed by atoms with Crippen LogP contribution in [0, 0.1) is 0 Å². The molecule has 1 N–H and O–H groups in total. The highest BCUT2D eigenvalue weighted by Gasteiger charge is 2.14. The van der Waals surface area contributed by atoms with E-state index >= 15 is 0 Å². The van der Waals surface area contributed by atoms with Crippen molar-refractivity contribution < 1.29 is 9.53 Å².